The van der Waals surface area contributed by atoms with Crippen molar-refractivity contribution in [1.29, 1.82) is 0 Å². The molecule has 2 aromatic rings. The fourth-order valence-electron chi connectivity index (χ4n) is 2.91. The average Bonchev–Trinajstić information content (AvgIpc) is 3.04. The zero-order valence-corrected chi connectivity index (χ0v) is 15.1. The van der Waals surface area contributed by atoms with Crippen molar-refractivity contribution in [2.75, 3.05) is 13.6 Å². The molecule has 0 amide bonds. The number of nitrogens with one attached hydrogen (secondary N) is 2. The highest BCUT2D eigenvalue weighted by Crippen LogP contribution is 2.30. The molecule has 0 atom stereocenters. The maximum atomic E-state index is 4.32. The molecule has 6 heteroatoms. The van der Waals surface area contributed by atoms with E-state index in [-0.39, 0.29) is 5.41 Å². The van der Waals surface area contributed by atoms with Gasteiger partial charge in [-0.2, -0.15) is 0 Å². The van der Waals surface area contributed by atoms with Crippen molar-refractivity contribution in [3.63, 3.8) is 0 Å². The van der Waals surface area contributed by atoms with E-state index in [0.29, 0.717) is 6.54 Å². The summed E-state index contributed by atoms with van der Waals surface area (Å²) in [5.74, 6) is 1.65. The first-order chi connectivity index (χ1) is 11.6. The number of benzene rings is 1. The molecule has 0 saturated heterocycles. The molecule has 0 radical (unpaired) electrons. The fraction of sp³-hybridized carbons (Fsp3) is 0.500. The van der Waals surface area contributed by atoms with Gasteiger partial charge in [0, 0.05) is 26.1 Å². The lowest BCUT2D eigenvalue weighted by Crippen LogP contribution is -2.45. The number of hydrogen-bond acceptors (Lipinski definition) is 3. The summed E-state index contributed by atoms with van der Waals surface area (Å²) in [4.78, 5) is 4.32. The van der Waals surface area contributed by atoms with Crippen molar-refractivity contribution in [3.05, 3.63) is 48.0 Å². The molecule has 6 nitrogen and oxygen atoms in total. The Bertz CT molecular complexity index is 643. The van der Waals surface area contributed by atoms with Gasteiger partial charge in [0.2, 0.25) is 0 Å². The third-order valence-electron chi connectivity index (χ3n) is 4.78. The van der Waals surface area contributed by atoms with Crippen molar-refractivity contribution in [2.45, 2.75) is 38.6 Å². The van der Waals surface area contributed by atoms with E-state index in [2.05, 4.69) is 70.0 Å². The minimum atomic E-state index is 0.101. The van der Waals surface area contributed by atoms with Crippen LogP contribution in [0.2, 0.25) is 0 Å². The molecule has 0 bridgehead atoms. The predicted molar refractivity (Wildman–Crippen MR) is 97.9 cm³/mol. The van der Waals surface area contributed by atoms with Gasteiger partial charge in [-0.3, -0.25) is 4.99 Å². The minimum Gasteiger partial charge on any atom is -0.356 e. The van der Waals surface area contributed by atoms with E-state index in [4.69, 9.17) is 0 Å². The Morgan fingerprint density at radius 3 is 2.42 bits per heavy atom. The van der Waals surface area contributed by atoms with Gasteiger partial charge in [0.1, 0.15) is 6.33 Å². The van der Waals surface area contributed by atoms with E-state index < -0.39 is 0 Å². The van der Waals surface area contributed by atoms with Crippen LogP contribution in [-0.2, 0) is 19.0 Å². The second-order valence-electron chi connectivity index (χ2n) is 5.99. The van der Waals surface area contributed by atoms with Gasteiger partial charge >= 0.3 is 0 Å². The Balaban J connectivity index is 2.01. The second kappa shape index (κ2) is 8.47. The van der Waals surface area contributed by atoms with E-state index in [1.165, 1.54) is 5.56 Å². The largest absolute Gasteiger partial charge is 0.356 e. The Morgan fingerprint density at radius 2 is 1.88 bits per heavy atom. The third kappa shape index (κ3) is 4.13. The molecule has 0 aliphatic rings. The van der Waals surface area contributed by atoms with Crippen LogP contribution in [0.3, 0.4) is 0 Å². The van der Waals surface area contributed by atoms with Gasteiger partial charge in [0.25, 0.3) is 0 Å². The Kier molecular flexibility index (Phi) is 6.35. The number of aliphatic imine (C=N–C) groups is 1. The molecular formula is C18H28N6. The lowest BCUT2D eigenvalue weighted by Gasteiger charge is -2.33. The van der Waals surface area contributed by atoms with Crippen molar-refractivity contribution < 1.29 is 0 Å². The van der Waals surface area contributed by atoms with Crippen LogP contribution in [0.15, 0.2) is 41.7 Å². The van der Waals surface area contributed by atoms with E-state index in [1.54, 1.807) is 13.4 Å². The molecular weight excluding hydrogens is 300 g/mol. The topological polar surface area (TPSA) is 67.1 Å². The fourth-order valence-corrected chi connectivity index (χ4v) is 2.91. The first-order valence-corrected chi connectivity index (χ1v) is 8.48. The van der Waals surface area contributed by atoms with Crippen LogP contribution in [0.5, 0.6) is 0 Å². The number of aromatic nitrogens is 3. The van der Waals surface area contributed by atoms with Crippen molar-refractivity contribution in [2.24, 2.45) is 12.0 Å². The summed E-state index contributed by atoms with van der Waals surface area (Å²) in [7, 11) is 3.72. The maximum absolute atomic E-state index is 4.32. The van der Waals surface area contributed by atoms with E-state index >= 15 is 0 Å². The number of nitrogens with zero attached hydrogens (tertiary/aromatic N) is 4. The van der Waals surface area contributed by atoms with Gasteiger partial charge in [-0.05, 0) is 18.4 Å². The summed E-state index contributed by atoms with van der Waals surface area (Å²) >= 11 is 0. The molecule has 0 unspecified atom stereocenters. The number of rotatable bonds is 7. The molecule has 1 aromatic heterocycles. The van der Waals surface area contributed by atoms with Gasteiger partial charge in [0.15, 0.2) is 11.8 Å². The molecule has 0 fully saturated rings. The van der Waals surface area contributed by atoms with Gasteiger partial charge in [-0.15, -0.1) is 10.2 Å². The van der Waals surface area contributed by atoms with E-state index in [0.717, 1.165) is 31.2 Å². The molecule has 2 rings (SSSR count). The van der Waals surface area contributed by atoms with Crippen LogP contribution >= 0.6 is 0 Å². The van der Waals surface area contributed by atoms with E-state index in [9.17, 15) is 0 Å². The third-order valence-corrected chi connectivity index (χ3v) is 4.78. The van der Waals surface area contributed by atoms with Crippen LogP contribution in [0, 0.1) is 0 Å². The Labute approximate surface area is 144 Å². The van der Waals surface area contributed by atoms with Gasteiger partial charge in [-0.1, -0.05) is 44.2 Å². The molecule has 0 aliphatic heterocycles. The lowest BCUT2D eigenvalue weighted by molar-refractivity contribution is 0.389. The summed E-state index contributed by atoms with van der Waals surface area (Å²) in [6, 6.07) is 10.7. The van der Waals surface area contributed by atoms with Crippen LogP contribution < -0.4 is 10.6 Å². The second-order valence-corrected chi connectivity index (χ2v) is 5.99. The number of guanidine groups is 1. The monoisotopic (exact) mass is 328 g/mol. The molecule has 130 valence electrons. The molecule has 24 heavy (non-hydrogen) atoms. The first-order valence-electron chi connectivity index (χ1n) is 8.48. The number of aryl methyl sites for hydroxylation is 1. The highest BCUT2D eigenvalue weighted by atomic mass is 15.3. The van der Waals surface area contributed by atoms with E-state index in [1.807, 2.05) is 11.6 Å². The summed E-state index contributed by atoms with van der Waals surface area (Å²) in [6.45, 7) is 5.91. The Morgan fingerprint density at radius 1 is 1.17 bits per heavy atom. The summed E-state index contributed by atoms with van der Waals surface area (Å²) in [5, 5.41) is 14.7. The minimum absolute atomic E-state index is 0.101. The standard InChI is InChI=1S/C18H28N6/c1-5-18(6-2,15-10-8-7-9-11-15)13-21-17(19-3)20-12-16-23-22-14-24(16)4/h7-11,14H,5-6,12-13H2,1-4H3,(H2,19,20,21). The zero-order valence-electron chi connectivity index (χ0n) is 15.1. The predicted octanol–water partition coefficient (Wildman–Crippen LogP) is 2.24. The molecule has 0 aliphatic carbocycles. The van der Waals surface area contributed by atoms with Crippen LogP contribution in [0.1, 0.15) is 38.1 Å². The SMILES string of the molecule is CCC(CC)(CNC(=NC)NCc1nncn1C)c1ccccc1. The maximum Gasteiger partial charge on any atom is 0.191 e. The molecule has 0 saturated carbocycles. The highest BCUT2D eigenvalue weighted by molar-refractivity contribution is 5.79. The van der Waals surface area contributed by atoms with Crippen LogP contribution in [0.25, 0.3) is 0 Å². The van der Waals surface area contributed by atoms with Gasteiger partial charge < -0.3 is 15.2 Å². The summed E-state index contributed by atoms with van der Waals surface area (Å²) in [6.07, 6.45) is 3.84. The van der Waals surface area contributed by atoms with Crippen molar-refractivity contribution in [1.82, 2.24) is 25.4 Å². The normalized spacial score (nSPS) is 12.2. The van der Waals surface area contributed by atoms with Gasteiger partial charge in [0.05, 0.1) is 6.54 Å². The smallest absolute Gasteiger partial charge is 0.191 e. The van der Waals surface area contributed by atoms with Crippen LogP contribution in [-0.4, -0.2) is 34.3 Å². The lowest BCUT2D eigenvalue weighted by atomic mass is 9.76. The molecule has 0 spiro atoms. The Hall–Kier alpha value is -2.37. The zero-order chi connectivity index (χ0) is 17.4. The highest BCUT2D eigenvalue weighted by Gasteiger charge is 2.28. The molecule has 2 N–H and O–H groups in total. The molecule has 1 heterocycles. The van der Waals surface area contributed by atoms with Crippen molar-refractivity contribution >= 4 is 5.96 Å². The van der Waals surface area contributed by atoms with Crippen LogP contribution in [0.4, 0.5) is 0 Å². The summed E-state index contributed by atoms with van der Waals surface area (Å²) < 4.78 is 1.90. The number of hydrogen-bond donors (Lipinski definition) is 2. The first kappa shape index (κ1) is 18.0. The average molecular weight is 328 g/mol. The van der Waals surface area contributed by atoms with Gasteiger partial charge in [-0.25, -0.2) is 0 Å². The quantitative estimate of drug-likeness (QED) is 0.604. The molecule has 1 aromatic carbocycles. The van der Waals surface area contributed by atoms with Crippen molar-refractivity contribution in [3.8, 4) is 0 Å². The summed E-state index contributed by atoms with van der Waals surface area (Å²) in [5.41, 5.74) is 1.47.